The summed E-state index contributed by atoms with van der Waals surface area (Å²) in [5.41, 5.74) is 2.58. The van der Waals surface area contributed by atoms with Crippen molar-refractivity contribution in [2.75, 3.05) is 47.4 Å². The van der Waals surface area contributed by atoms with E-state index in [1.807, 2.05) is 32.0 Å². The molecule has 148 valence electrons. The Kier molecular flexibility index (Phi) is 5.77. The fourth-order valence-electron chi connectivity index (χ4n) is 3.94. The van der Waals surface area contributed by atoms with Gasteiger partial charge in [-0.3, -0.25) is 4.79 Å². The number of aromatic nitrogens is 1. The lowest BCUT2D eigenvalue weighted by molar-refractivity contribution is 0.0610. The van der Waals surface area contributed by atoms with E-state index in [1.54, 1.807) is 0 Å². The number of amides is 1. The van der Waals surface area contributed by atoms with Gasteiger partial charge in [0.15, 0.2) is 0 Å². The third kappa shape index (κ3) is 3.96. The molecule has 3 rings (SSSR count). The summed E-state index contributed by atoms with van der Waals surface area (Å²) in [6, 6.07) is 5.91. The second kappa shape index (κ2) is 7.90. The van der Waals surface area contributed by atoms with Crippen molar-refractivity contribution in [3.8, 4) is 5.75 Å². The summed E-state index contributed by atoms with van der Waals surface area (Å²) in [5, 5.41) is 4.22. The van der Waals surface area contributed by atoms with Gasteiger partial charge in [0.1, 0.15) is 11.4 Å². The largest absolute Gasteiger partial charge is 0.494 e. The summed E-state index contributed by atoms with van der Waals surface area (Å²) >= 11 is 0. The van der Waals surface area contributed by atoms with E-state index in [0.717, 1.165) is 48.1 Å². The van der Waals surface area contributed by atoms with Crippen LogP contribution in [0, 0.1) is 6.92 Å². The summed E-state index contributed by atoms with van der Waals surface area (Å²) in [5.74, 6) is 0.791. The Morgan fingerprint density at radius 2 is 2.04 bits per heavy atom. The number of hydrogen-bond donors (Lipinski definition) is 2. The molecule has 1 amide bonds. The van der Waals surface area contributed by atoms with Crippen molar-refractivity contribution >= 4 is 16.8 Å². The van der Waals surface area contributed by atoms with E-state index >= 15 is 0 Å². The van der Waals surface area contributed by atoms with E-state index < -0.39 is 0 Å². The molecule has 6 nitrogen and oxygen atoms in total. The quantitative estimate of drug-likeness (QED) is 0.818. The lowest BCUT2D eigenvalue weighted by atomic mass is 9.86. The van der Waals surface area contributed by atoms with Crippen LogP contribution >= 0.6 is 0 Å². The topological polar surface area (TPSA) is 60.6 Å². The van der Waals surface area contributed by atoms with Gasteiger partial charge >= 0.3 is 0 Å². The van der Waals surface area contributed by atoms with Crippen LogP contribution in [0.25, 0.3) is 10.9 Å². The van der Waals surface area contributed by atoms with E-state index in [-0.39, 0.29) is 11.4 Å². The molecule has 1 aliphatic heterocycles. The molecule has 1 aromatic heterocycles. The molecule has 2 heterocycles. The molecule has 0 unspecified atom stereocenters. The average Bonchev–Trinajstić information content (AvgIpc) is 2.98. The molecular weight excluding hydrogens is 340 g/mol. The summed E-state index contributed by atoms with van der Waals surface area (Å²) in [4.78, 5) is 20.8. The minimum absolute atomic E-state index is 0.0181. The van der Waals surface area contributed by atoms with Gasteiger partial charge in [0, 0.05) is 23.0 Å². The number of nitrogens with one attached hydrogen (secondary N) is 2. The van der Waals surface area contributed by atoms with Crippen molar-refractivity contribution in [2.45, 2.75) is 32.2 Å². The van der Waals surface area contributed by atoms with E-state index in [2.05, 4.69) is 41.2 Å². The number of likely N-dealkylation sites (N-methyl/N-ethyl adjacent to an activating group) is 1. The normalized spacial score (nSPS) is 17.4. The van der Waals surface area contributed by atoms with Gasteiger partial charge in [-0.2, -0.15) is 0 Å². The molecule has 1 saturated heterocycles. The minimum atomic E-state index is -0.0400. The molecule has 1 aromatic carbocycles. The molecule has 0 atom stereocenters. The Labute approximate surface area is 161 Å². The van der Waals surface area contributed by atoms with E-state index in [4.69, 9.17) is 4.74 Å². The Hall–Kier alpha value is -2.05. The molecule has 1 aliphatic rings. The van der Waals surface area contributed by atoms with Crippen LogP contribution in [0.5, 0.6) is 5.75 Å². The van der Waals surface area contributed by atoms with Gasteiger partial charge in [-0.15, -0.1) is 0 Å². The Morgan fingerprint density at radius 3 is 2.67 bits per heavy atom. The second-order valence-corrected chi connectivity index (χ2v) is 7.87. The highest BCUT2D eigenvalue weighted by Crippen LogP contribution is 2.28. The van der Waals surface area contributed by atoms with Gasteiger partial charge in [0.25, 0.3) is 5.91 Å². The molecule has 27 heavy (non-hydrogen) atoms. The van der Waals surface area contributed by atoms with Crippen molar-refractivity contribution in [3.05, 3.63) is 29.5 Å². The Balaban J connectivity index is 1.76. The molecule has 6 heteroatoms. The average molecular weight is 373 g/mol. The number of nitrogens with zero attached hydrogens (tertiary/aromatic N) is 2. The molecule has 0 saturated carbocycles. The van der Waals surface area contributed by atoms with Crippen LogP contribution in [-0.4, -0.2) is 73.6 Å². The van der Waals surface area contributed by atoms with Crippen LogP contribution in [0.3, 0.4) is 0 Å². The maximum absolute atomic E-state index is 12.9. The van der Waals surface area contributed by atoms with Crippen molar-refractivity contribution in [2.24, 2.45) is 0 Å². The number of carbonyl (C=O) groups excluding carboxylic acids is 1. The predicted octanol–water partition coefficient (Wildman–Crippen LogP) is 2.63. The maximum Gasteiger partial charge on any atom is 0.268 e. The summed E-state index contributed by atoms with van der Waals surface area (Å²) < 4.78 is 5.59. The van der Waals surface area contributed by atoms with Gasteiger partial charge in [0.2, 0.25) is 0 Å². The highest BCUT2D eigenvalue weighted by molar-refractivity contribution is 6.01. The number of piperidine rings is 1. The SMILES string of the molecule is CCOc1ccc2[nH]c(C(=O)NCC3(N(C)C)CCN(C)CC3)c(C)c2c1. The molecule has 2 N–H and O–H groups in total. The van der Waals surface area contributed by atoms with Crippen LogP contribution in [0.2, 0.25) is 0 Å². The van der Waals surface area contributed by atoms with Gasteiger partial charge < -0.3 is 24.8 Å². The van der Waals surface area contributed by atoms with Crippen molar-refractivity contribution < 1.29 is 9.53 Å². The van der Waals surface area contributed by atoms with Crippen LogP contribution in [-0.2, 0) is 0 Å². The molecule has 0 aliphatic carbocycles. The van der Waals surface area contributed by atoms with E-state index in [9.17, 15) is 4.79 Å². The summed E-state index contributed by atoms with van der Waals surface area (Å²) in [6.45, 7) is 7.35. The first-order chi connectivity index (χ1) is 12.9. The number of benzene rings is 1. The number of aryl methyl sites for hydroxylation is 1. The zero-order valence-electron chi connectivity index (χ0n) is 17.2. The van der Waals surface area contributed by atoms with Gasteiger partial charge in [-0.05, 0) is 84.7 Å². The first-order valence-electron chi connectivity index (χ1n) is 9.75. The monoisotopic (exact) mass is 372 g/mol. The number of rotatable bonds is 6. The number of H-pyrrole nitrogens is 1. The lowest BCUT2D eigenvalue weighted by Crippen LogP contribution is -2.58. The van der Waals surface area contributed by atoms with Crippen molar-refractivity contribution in [1.82, 2.24) is 20.1 Å². The number of ether oxygens (including phenoxy) is 1. The molecule has 0 spiro atoms. The zero-order chi connectivity index (χ0) is 19.6. The fraction of sp³-hybridized carbons (Fsp3) is 0.571. The van der Waals surface area contributed by atoms with Crippen LogP contribution in [0.1, 0.15) is 35.8 Å². The van der Waals surface area contributed by atoms with Gasteiger partial charge in [-0.1, -0.05) is 0 Å². The summed E-state index contributed by atoms with van der Waals surface area (Å²) in [7, 11) is 6.38. The first kappa shape index (κ1) is 19.7. The number of aromatic amines is 1. The second-order valence-electron chi connectivity index (χ2n) is 7.87. The smallest absolute Gasteiger partial charge is 0.268 e. The van der Waals surface area contributed by atoms with Gasteiger partial charge in [-0.25, -0.2) is 0 Å². The standard InChI is InChI=1S/C21H32N4O2/c1-6-27-16-7-8-18-17(13-16)15(2)19(23-18)20(26)22-14-21(24(3)4)9-11-25(5)12-10-21/h7-8,13,23H,6,9-12,14H2,1-5H3,(H,22,26). The molecule has 2 aromatic rings. The maximum atomic E-state index is 12.9. The first-order valence-corrected chi connectivity index (χ1v) is 9.75. The number of likely N-dealkylation sites (tertiary alicyclic amines) is 1. The highest BCUT2D eigenvalue weighted by Gasteiger charge is 2.36. The molecular formula is C21H32N4O2. The predicted molar refractivity (Wildman–Crippen MR) is 110 cm³/mol. The molecule has 1 fully saturated rings. The molecule has 0 radical (unpaired) electrons. The lowest BCUT2D eigenvalue weighted by Gasteiger charge is -2.45. The van der Waals surface area contributed by atoms with Crippen LogP contribution in [0.15, 0.2) is 18.2 Å². The summed E-state index contributed by atoms with van der Waals surface area (Å²) in [6.07, 6.45) is 2.11. The Bertz CT molecular complexity index is 804. The van der Waals surface area contributed by atoms with E-state index in [0.29, 0.717) is 18.8 Å². The third-order valence-electron chi connectivity index (χ3n) is 6.01. The van der Waals surface area contributed by atoms with Crippen molar-refractivity contribution in [1.29, 1.82) is 0 Å². The number of fused-ring (bicyclic) bond motifs is 1. The third-order valence-corrected chi connectivity index (χ3v) is 6.01. The van der Waals surface area contributed by atoms with Crippen LogP contribution in [0.4, 0.5) is 0 Å². The minimum Gasteiger partial charge on any atom is -0.494 e. The number of carbonyl (C=O) groups is 1. The fourth-order valence-corrected chi connectivity index (χ4v) is 3.94. The zero-order valence-corrected chi connectivity index (χ0v) is 17.2. The van der Waals surface area contributed by atoms with Crippen LogP contribution < -0.4 is 10.1 Å². The Morgan fingerprint density at radius 1 is 1.33 bits per heavy atom. The van der Waals surface area contributed by atoms with Crippen molar-refractivity contribution in [3.63, 3.8) is 0 Å². The highest BCUT2D eigenvalue weighted by atomic mass is 16.5. The van der Waals surface area contributed by atoms with E-state index in [1.165, 1.54) is 0 Å². The van der Waals surface area contributed by atoms with Gasteiger partial charge in [0.05, 0.1) is 6.61 Å². The number of hydrogen-bond acceptors (Lipinski definition) is 4. The molecule has 0 bridgehead atoms.